The van der Waals surface area contributed by atoms with Crippen molar-refractivity contribution in [1.82, 2.24) is 4.90 Å². The molecule has 13 heavy (non-hydrogen) atoms. The van der Waals surface area contributed by atoms with Crippen molar-refractivity contribution >= 4 is 0 Å². The Morgan fingerprint density at radius 1 is 1.31 bits per heavy atom. The van der Waals surface area contributed by atoms with E-state index in [9.17, 15) is 0 Å². The molecule has 0 saturated carbocycles. The molecule has 2 atom stereocenters. The van der Waals surface area contributed by atoms with Crippen LogP contribution in [0.4, 0.5) is 0 Å². The molecule has 1 rings (SSSR count). The second-order valence-corrected chi connectivity index (χ2v) is 4.88. The van der Waals surface area contributed by atoms with Gasteiger partial charge in [-0.3, -0.25) is 0 Å². The molecule has 0 aromatic heterocycles. The monoisotopic (exact) mass is 183 g/mol. The fraction of sp³-hybridized carbons (Fsp3) is 1.00. The van der Waals surface area contributed by atoms with Crippen LogP contribution in [0.1, 0.15) is 47.0 Å². The summed E-state index contributed by atoms with van der Waals surface area (Å²) >= 11 is 0. The van der Waals surface area contributed by atoms with Gasteiger partial charge in [-0.25, -0.2) is 0 Å². The quantitative estimate of drug-likeness (QED) is 0.649. The van der Waals surface area contributed by atoms with Gasteiger partial charge in [-0.15, -0.1) is 0 Å². The Morgan fingerprint density at radius 2 is 2.00 bits per heavy atom. The number of rotatable bonds is 3. The maximum absolute atomic E-state index is 2.64. The third-order valence-electron chi connectivity index (χ3n) is 3.67. The first-order valence-corrected chi connectivity index (χ1v) is 5.89. The summed E-state index contributed by atoms with van der Waals surface area (Å²) in [4.78, 5) is 2.64. The molecule has 1 aliphatic heterocycles. The second-order valence-electron chi connectivity index (χ2n) is 4.88. The van der Waals surface area contributed by atoms with Gasteiger partial charge in [0.05, 0.1) is 0 Å². The Hall–Kier alpha value is -0.0400. The molecule has 1 aliphatic rings. The third kappa shape index (κ3) is 2.98. The average Bonchev–Trinajstić information content (AvgIpc) is 2.17. The van der Waals surface area contributed by atoms with E-state index in [0.717, 1.165) is 17.9 Å². The smallest absolute Gasteiger partial charge is 0.00387 e. The van der Waals surface area contributed by atoms with Gasteiger partial charge in [0.2, 0.25) is 0 Å². The molecule has 0 radical (unpaired) electrons. The van der Waals surface area contributed by atoms with E-state index < -0.39 is 0 Å². The molecular weight excluding hydrogens is 158 g/mol. The van der Waals surface area contributed by atoms with E-state index in [1.807, 2.05) is 0 Å². The standard InChI is InChI=1S/C12H25N/c1-5-11(4)12-7-6-8-13(9-12)10(2)3/h10-12H,5-9H2,1-4H3/t11?,12-/m0/s1. The molecule has 0 amide bonds. The summed E-state index contributed by atoms with van der Waals surface area (Å²) in [5, 5.41) is 0. The van der Waals surface area contributed by atoms with E-state index in [4.69, 9.17) is 0 Å². The minimum Gasteiger partial charge on any atom is -0.301 e. The zero-order chi connectivity index (χ0) is 9.84. The van der Waals surface area contributed by atoms with Crippen molar-refractivity contribution in [1.29, 1.82) is 0 Å². The molecule has 0 spiro atoms. The molecule has 1 unspecified atom stereocenters. The van der Waals surface area contributed by atoms with Crippen molar-refractivity contribution in [3.8, 4) is 0 Å². The lowest BCUT2D eigenvalue weighted by Gasteiger charge is -2.37. The van der Waals surface area contributed by atoms with Gasteiger partial charge in [-0.1, -0.05) is 20.3 Å². The highest BCUT2D eigenvalue weighted by atomic mass is 15.2. The minimum atomic E-state index is 0.742. The van der Waals surface area contributed by atoms with Crippen LogP contribution in [0.25, 0.3) is 0 Å². The Balaban J connectivity index is 2.41. The van der Waals surface area contributed by atoms with Gasteiger partial charge in [0.15, 0.2) is 0 Å². The Bertz CT molecular complexity index is 142. The van der Waals surface area contributed by atoms with Gasteiger partial charge in [-0.2, -0.15) is 0 Å². The zero-order valence-corrected chi connectivity index (χ0v) is 9.71. The predicted molar refractivity (Wildman–Crippen MR) is 58.9 cm³/mol. The largest absolute Gasteiger partial charge is 0.301 e. The van der Waals surface area contributed by atoms with Crippen LogP contribution in [-0.4, -0.2) is 24.0 Å². The lowest BCUT2D eigenvalue weighted by atomic mass is 9.85. The fourth-order valence-electron chi connectivity index (χ4n) is 2.31. The summed E-state index contributed by atoms with van der Waals surface area (Å²) < 4.78 is 0. The number of nitrogens with zero attached hydrogens (tertiary/aromatic N) is 1. The maximum atomic E-state index is 2.64. The number of piperidine rings is 1. The highest BCUT2D eigenvalue weighted by molar-refractivity contribution is 4.77. The third-order valence-corrected chi connectivity index (χ3v) is 3.67. The van der Waals surface area contributed by atoms with E-state index in [1.165, 1.54) is 32.4 Å². The van der Waals surface area contributed by atoms with E-state index in [1.54, 1.807) is 0 Å². The van der Waals surface area contributed by atoms with E-state index >= 15 is 0 Å². The Labute approximate surface area is 83.5 Å². The summed E-state index contributed by atoms with van der Waals surface area (Å²) in [7, 11) is 0. The van der Waals surface area contributed by atoms with Crippen LogP contribution in [0.15, 0.2) is 0 Å². The van der Waals surface area contributed by atoms with Crippen LogP contribution in [0.2, 0.25) is 0 Å². The van der Waals surface area contributed by atoms with E-state index in [-0.39, 0.29) is 0 Å². The number of hydrogen-bond donors (Lipinski definition) is 0. The van der Waals surface area contributed by atoms with Crippen LogP contribution in [-0.2, 0) is 0 Å². The molecule has 1 fully saturated rings. The molecular formula is C12H25N. The summed E-state index contributed by atoms with van der Waals surface area (Å²) in [5.74, 6) is 1.88. The van der Waals surface area contributed by atoms with Gasteiger partial charge < -0.3 is 4.90 Å². The SMILES string of the molecule is CCC(C)[C@H]1CCCN(C(C)C)C1. The second kappa shape index (κ2) is 4.99. The van der Waals surface area contributed by atoms with Crippen LogP contribution >= 0.6 is 0 Å². The van der Waals surface area contributed by atoms with Crippen molar-refractivity contribution in [2.24, 2.45) is 11.8 Å². The van der Waals surface area contributed by atoms with Gasteiger partial charge in [0.25, 0.3) is 0 Å². The average molecular weight is 183 g/mol. The van der Waals surface area contributed by atoms with Gasteiger partial charge in [0, 0.05) is 12.6 Å². The van der Waals surface area contributed by atoms with Crippen molar-refractivity contribution in [3.05, 3.63) is 0 Å². The molecule has 1 heterocycles. The van der Waals surface area contributed by atoms with Crippen molar-refractivity contribution in [2.45, 2.75) is 53.0 Å². The van der Waals surface area contributed by atoms with Gasteiger partial charge in [0.1, 0.15) is 0 Å². The van der Waals surface area contributed by atoms with Crippen LogP contribution in [0.5, 0.6) is 0 Å². The van der Waals surface area contributed by atoms with Crippen LogP contribution in [0.3, 0.4) is 0 Å². The Morgan fingerprint density at radius 3 is 2.54 bits per heavy atom. The maximum Gasteiger partial charge on any atom is 0.00387 e. The summed E-state index contributed by atoms with van der Waals surface area (Å²) in [6, 6.07) is 0.742. The first-order chi connectivity index (χ1) is 6.15. The highest BCUT2D eigenvalue weighted by Gasteiger charge is 2.24. The molecule has 0 N–H and O–H groups in total. The molecule has 1 heteroatoms. The van der Waals surface area contributed by atoms with Gasteiger partial charge in [-0.05, 0) is 45.1 Å². The van der Waals surface area contributed by atoms with Crippen molar-refractivity contribution < 1.29 is 0 Å². The fourth-order valence-corrected chi connectivity index (χ4v) is 2.31. The van der Waals surface area contributed by atoms with Gasteiger partial charge >= 0.3 is 0 Å². The summed E-state index contributed by atoms with van der Waals surface area (Å²) in [5.41, 5.74) is 0. The minimum absolute atomic E-state index is 0.742. The Kier molecular flexibility index (Phi) is 4.24. The highest BCUT2D eigenvalue weighted by Crippen LogP contribution is 2.26. The molecule has 78 valence electrons. The zero-order valence-electron chi connectivity index (χ0n) is 9.71. The van der Waals surface area contributed by atoms with Crippen LogP contribution < -0.4 is 0 Å². The lowest BCUT2D eigenvalue weighted by Crippen LogP contribution is -2.41. The summed E-state index contributed by atoms with van der Waals surface area (Å²) in [6.07, 6.45) is 4.21. The lowest BCUT2D eigenvalue weighted by molar-refractivity contribution is 0.111. The first kappa shape index (κ1) is 11.0. The van der Waals surface area contributed by atoms with Crippen molar-refractivity contribution in [2.75, 3.05) is 13.1 Å². The molecule has 0 aliphatic carbocycles. The topological polar surface area (TPSA) is 3.24 Å². The molecule has 0 bridgehead atoms. The molecule has 1 saturated heterocycles. The number of likely N-dealkylation sites (tertiary alicyclic amines) is 1. The molecule has 0 aromatic rings. The first-order valence-electron chi connectivity index (χ1n) is 5.89. The number of hydrogen-bond acceptors (Lipinski definition) is 1. The molecule has 1 nitrogen and oxygen atoms in total. The summed E-state index contributed by atoms with van der Waals surface area (Å²) in [6.45, 7) is 12.0. The van der Waals surface area contributed by atoms with Crippen molar-refractivity contribution in [3.63, 3.8) is 0 Å². The molecule has 0 aromatic carbocycles. The normalized spacial score (nSPS) is 27.9. The van der Waals surface area contributed by atoms with Crippen LogP contribution in [0, 0.1) is 11.8 Å². The predicted octanol–water partition coefficient (Wildman–Crippen LogP) is 3.15. The van der Waals surface area contributed by atoms with E-state index in [0.29, 0.717) is 0 Å². The van der Waals surface area contributed by atoms with E-state index in [2.05, 4.69) is 32.6 Å².